The molecule has 0 aliphatic carbocycles. The molecule has 19 heavy (non-hydrogen) atoms. The molecule has 0 saturated carbocycles. The van der Waals surface area contributed by atoms with E-state index in [0.29, 0.717) is 10.0 Å². The second kappa shape index (κ2) is 6.58. The highest BCUT2D eigenvalue weighted by atomic mass is 35.5. The third-order valence-corrected chi connectivity index (χ3v) is 4.16. The lowest BCUT2D eigenvalue weighted by atomic mass is 10.1. The highest BCUT2D eigenvalue weighted by Gasteiger charge is 2.25. The van der Waals surface area contributed by atoms with Crippen molar-refractivity contribution in [3.8, 4) is 6.07 Å². The largest absolute Gasteiger partial charge is 0.301 e. The zero-order chi connectivity index (χ0) is 13.8. The Kier molecular flexibility index (Phi) is 5.06. The van der Waals surface area contributed by atoms with E-state index in [2.05, 4.69) is 22.8 Å². The van der Waals surface area contributed by atoms with Gasteiger partial charge in [-0.15, -0.1) is 0 Å². The van der Waals surface area contributed by atoms with Crippen LogP contribution in [0, 0.1) is 11.3 Å². The summed E-state index contributed by atoms with van der Waals surface area (Å²) in [6, 6.07) is 7.41. The summed E-state index contributed by atoms with van der Waals surface area (Å²) >= 11 is 12.1. The van der Waals surface area contributed by atoms with Gasteiger partial charge < -0.3 is 4.90 Å². The number of nitriles is 1. The van der Waals surface area contributed by atoms with Gasteiger partial charge in [0.2, 0.25) is 0 Å². The van der Waals surface area contributed by atoms with Crippen LogP contribution < -0.4 is 0 Å². The number of nitrogens with zero attached hydrogens (tertiary/aromatic N) is 3. The minimum atomic E-state index is -0.288. The van der Waals surface area contributed by atoms with Crippen LogP contribution in [0.25, 0.3) is 0 Å². The van der Waals surface area contributed by atoms with Gasteiger partial charge in [-0.05, 0) is 18.7 Å². The third kappa shape index (κ3) is 3.40. The van der Waals surface area contributed by atoms with Gasteiger partial charge in [0.1, 0.15) is 6.04 Å². The first-order valence-electron chi connectivity index (χ1n) is 6.46. The van der Waals surface area contributed by atoms with Crippen molar-refractivity contribution in [1.82, 2.24) is 9.80 Å². The zero-order valence-corrected chi connectivity index (χ0v) is 12.5. The van der Waals surface area contributed by atoms with Crippen molar-refractivity contribution in [3.05, 3.63) is 33.8 Å². The van der Waals surface area contributed by atoms with Gasteiger partial charge in [-0.1, -0.05) is 36.2 Å². The molecule has 0 amide bonds. The molecule has 3 nitrogen and oxygen atoms in total. The quantitative estimate of drug-likeness (QED) is 0.858. The van der Waals surface area contributed by atoms with Crippen molar-refractivity contribution in [2.24, 2.45) is 0 Å². The van der Waals surface area contributed by atoms with E-state index in [1.54, 1.807) is 12.1 Å². The summed E-state index contributed by atoms with van der Waals surface area (Å²) in [4.78, 5) is 4.57. The molecule has 5 heteroatoms. The molecule has 1 heterocycles. The number of hydrogen-bond acceptors (Lipinski definition) is 3. The number of likely N-dealkylation sites (N-methyl/N-ethyl adjacent to an activating group) is 1. The van der Waals surface area contributed by atoms with Crippen LogP contribution >= 0.6 is 23.2 Å². The monoisotopic (exact) mass is 297 g/mol. The van der Waals surface area contributed by atoms with Crippen LogP contribution in [0.1, 0.15) is 18.5 Å². The van der Waals surface area contributed by atoms with E-state index in [0.717, 1.165) is 38.3 Å². The molecule has 0 N–H and O–H groups in total. The van der Waals surface area contributed by atoms with Crippen molar-refractivity contribution >= 4 is 23.2 Å². The van der Waals surface area contributed by atoms with Gasteiger partial charge in [-0.3, -0.25) is 4.90 Å². The van der Waals surface area contributed by atoms with E-state index in [1.807, 2.05) is 6.07 Å². The number of rotatable bonds is 3. The molecular weight excluding hydrogens is 281 g/mol. The molecule has 1 unspecified atom stereocenters. The number of halogens is 2. The standard InChI is InChI=1S/C14H17Cl2N3/c1-2-18-5-7-19(8-6-18)14(10-17)12-4-3-11(15)9-13(12)16/h3-4,9,14H,2,5-8H2,1H3. The molecule has 1 aliphatic heterocycles. The Morgan fingerprint density at radius 1 is 1.26 bits per heavy atom. The van der Waals surface area contributed by atoms with Crippen molar-refractivity contribution < 1.29 is 0 Å². The summed E-state index contributed by atoms with van der Waals surface area (Å²) in [7, 11) is 0. The highest BCUT2D eigenvalue weighted by molar-refractivity contribution is 6.35. The van der Waals surface area contributed by atoms with E-state index in [4.69, 9.17) is 23.2 Å². The summed E-state index contributed by atoms with van der Waals surface area (Å²) in [5.74, 6) is 0. The van der Waals surface area contributed by atoms with E-state index in [-0.39, 0.29) is 6.04 Å². The van der Waals surface area contributed by atoms with Crippen LogP contribution in [0.15, 0.2) is 18.2 Å². The normalized spacial score (nSPS) is 19.1. The van der Waals surface area contributed by atoms with Crippen molar-refractivity contribution in [2.75, 3.05) is 32.7 Å². The molecule has 0 aromatic heterocycles. The first-order valence-corrected chi connectivity index (χ1v) is 7.22. The zero-order valence-electron chi connectivity index (χ0n) is 10.9. The summed E-state index contributed by atoms with van der Waals surface area (Å²) < 4.78 is 0. The Hall–Kier alpha value is -0.790. The number of piperazine rings is 1. The van der Waals surface area contributed by atoms with Gasteiger partial charge in [-0.2, -0.15) is 5.26 Å². The van der Waals surface area contributed by atoms with Gasteiger partial charge in [0.05, 0.1) is 6.07 Å². The second-order valence-electron chi connectivity index (χ2n) is 4.67. The SMILES string of the molecule is CCN1CCN(C(C#N)c2ccc(Cl)cc2Cl)CC1. The fraction of sp³-hybridized carbons (Fsp3) is 0.500. The Morgan fingerprint density at radius 3 is 2.47 bits per heavy atom. The average molecular weight is 298 g/mol. The maximum atomic E-state index is 9.45. The fourth-order valence-corrected chi connectivity index (χ4v) is 2.92. The molecule has 1 aromatic carbocycles. The number of hydrogen-bond donors (Lipinski definition) is 0. The molecule has 0 spiro atoms. The van der Waals surface area contributed by atoms with Gasteiger partial charge in [0, 0.05) is 41.8 Å². The molecule has 0 radical (unpaired) electrons. The lowest BCUT2D eigenvalue weighted by Crippen LogP contribution is -2.47. The van der Waals surface area contributed by atoms with Crippen LogP contribution in [0.4, 0.5) is 0 Å². The number of benzene rings is 1. The molecular formula is C14H17Cl2N3. The lowest BCUT2D eigenvalue weighted by molar-refractivity contribution is 0.118. The molecule has 1 saturated heterocycles. The van der Waals surface area contributed by atoms with Gasteiger partial charge >= 0.3 is 0 Å². The summed E-state index contributed by atoms with van der Waals surface area (Å²) in [5.41, 5.74) is 0.846. The smallest absolute Gasteiger partial charge is 0.125 e. The lowest BCUT2D eigenvalue weighted by Gasteiger charge is -2.36. The van der Waals surface area contributed by atoms with E-state index in [1.165, 1.54) is 0 Å². The van der Waals surface area contributed by atoms with Crippen LogP contribution in [0.2, 0.25) is 10.0 Å². The first-order chi connectivity index (χ1) is 9.15. The molecule has 1 aliphatic rings. The third-order valence-electron chi connectivity index (χ3n) is 3.60. The summed E-state index contributed by atoms with van der Waals surface area (Å²) in [6.07, 6.45) is 0. The van der Waals surface area contributed by atoms with Crippen molar-refractivity contribution in [3.63, 3.8) is 0 Å². The van der Waals surface area contributed by atoms with E-state index >= 15 is 0 Å². The van der Waals surface area contributed by atoms with Gasteiger partial charge in [0.15, 0.2) is 0 Å². The van der Waals surface area contributed by atoms with Crippen LogP contribution in [0.3, 0.4) is 0 Å². The molecule has 1 atom stereocenters. The van der Waals surface area contributed by atoms with Gasteiger partial charge in [-0.25, -0.2) is 0 Å². The maximum Gasteiger partial charge on any atom is 0.125 e. The minimum Gasteiger partial charge on any atom is -0.301 e. The van der Waals surface area contributed by atoms with Crippen LogP contribution in [0.5, 0.6) is 0 Å². The predicted octanol–water partition coefficient (Wildman–Crippen LogP) is 3.20. The molecule has 0 bridgehead atoms. The van der Waals surface area contributed by atoms with Crippen LogP contribution in [-0.4, -0.2) is 42.5 Å². The minimum absolute atomic E-state index is 0.288. The Morgan fingerprint density at radius 2 is 1.95 bits per heavy atom. The van der Waals surface area contributed by atoms with Crippen molar-refractivity contribution in [1.29, 1.82) is 5.26 Å². The van der Waals surface area contributed by atoms with Crippen LogP contribution in [-0.2, 0) is 0 Å². The molecule has 102 valence electrons. The second-order valence-corrected chi connectivity index (χ2v) is 5.51. The highest BCUT2D eigenvalue weighted by Crippen LogP contribution is 2.30. The Balaban J connectivity index is 2.15. The fourth-order valence-electron chi connectivity index (χ4n) is 2.41. The Labute approximate surface area is 124 Å². The van der Waals surface area contributed by atoms with Gasteiger partial charge in [0.25, 0.3) is 0 Å². The summed E-state index contributed by atoms with van der Waals surface area (Å²) in [5, 5.41) is 10.6. The van der Waals surface area contributed by atoms with E-state index < -0.39 is 0 Å². The average Bonchev–Trinajstić information content (AvgIpc) is 2.42. The molecule has 1 aromatic rings. The van der Waals surface area contributed by atoms with E-state index in [9.17, 15) is 5.26 Å². The Bertz CT molecular complexity index is 476. The molecule has 2 rings (SSSR count). The summed E-state index contributed by atoms with van der Waals surface area (Å²) in [6.45, 7) is 7.01. The maximum absolute atomic E-state index is 9.45. The topological polar surface area (TPSA) is 30.3 Å². The van der Waals surface area contributed by atoms with Crippen molar-refractivity contribution in [2.45, 2.75) is 13.0 Å². The predicted molar refractivity (Wildman–Crippen MR) is 78.5 cm³/mol. The first kappa shape index (κ1) is 14.6. The molecule has 1 fully saturated rings.